The molecule has 1 heterocycles. The van der Waals surface area contributed by atoms with Crippen molar-refractivity contribution in [3.05, 3.63) is 41.7 Å². The van der Waals surface area contributed by atoms with E-state index in [2.05, 4.69) is 24.0 Å². The molecule has 1 unspecified atom stereocenters. The zero-order valence-corrected chi connectivity index (χ0v) is 8.49. The number of benzene rings is 1. The van der Waals surface area contributed by atoms with Gasteiger partial charge < -0.3 is 5.73 Å². The van der Waals surface area contributed by atoms with Gasteiger partial charge in [-0.25, -0.2) is 0 Å². The third-order valence-electron chi connectivity index (χ3n) is 2.42. The predicted molar refractivity (Wildman–Crippen MR) is 59.1 cm³/mol. The van der Waals surface area contributed by atoms with E-state index in [0.29, 0.717) is 0 Å². The van der Waals surface area contributed by atoms with E-state index in [1.165, 1.54) is 21.9 Å². The fourth-order valence-corrected chi connectivity index (χ4v) is 1.77. The molecule has 0 aliphatic heterocycles. The van der Waals surface area contributed by atoms with E-state index in [1.54, 1.807) is 0 Å². The van der Waals surface area contributed by atoms with Gasteiger partial charge in [0.1, 0.15) is 0 Å². The molecule has 0 bridgehead atoms. The second-order valence-corrected chi connectivity index (χ2v) is 3.74. The Morgan fingerprint density at radius 3 is 2.86 bits per heavy atom. The van der Waals surface area contributed by atoms with Crippen molar-refractivity contribution in [1.82, 2.24) is 4.98 Å². The van der Waals surface area contributed by atoms with E-state index in [0.717, 1.165) is 0 Å². The highest BCUT2D eigenvalue weighted by molar-refractivity contribution is 5.85. The Morgan fingerprint density at radius 2 is 2.14 bits per heavy atom. The van der Waals surface area contributed by atoms with Crippen LogP contribution in [-0.2, 0) is 0 Å². The summed E-state index contributed by atoms with van der Waals surface area (Å²) < 4.78 is 0. The Bertz CT molecular complexity index is 461. The van der Waals surface area contributed by atoms with Crippen molar-refractivity contribution >= 4 is 10.8 Å². The third-order valence-corrected chi connectivity index (χ3v) is 2.42. The fourth-order valence-electron chi connectivity index (χ4n) is 1.77. The summed E-state index contributed by atoms with van der Waals surface area (Å²) in [5.41, 5.74) is 8.36. The zero-order chi connectivity index (χ0) is 10.1. The smallest absolute Gasteiger partial charge is 0.0346 e. The number of nitrogens with two attached hydrogens (primary N) is 1. The first kappa shape index (κ1) is 9.16. The molecule has 0 aliphatic carbocycles. The molecule has 72 valence electrons. The lowest BCUT2D eigenvalue weighted by atomic mass is 9.99. The average Bonchev–Trinajstić information content (AvgIpc) is 2.16. The van der Waals surface area contributed by atoms with Gasteiger partial charge in [0.15, 0.2) is 0 Å². The van der Waals surface area contributed by atoms with Crippen molar-refractivity contribution < 1.29 is 0 Å². The van der Waals surface area contributed by atoms with Crippen molar-refractivity contribution in [2.45, 2.75) is 19.9 Å². The van der Waals surface area contributed by atoms with Crippen molar-refractivity contribution in [2.24, 2.45) is 5.73 Å². The maximum Gasteiger partial charge on any atom is 0.0346 e. The monoisotopic (exact) mass is 186 g/mol. The Hall–Kier alpha value is -1.41. The largest absolute Gasteiger partial charge is 0.324 e. The van der Waals surface area contributed by atoms with Gasteiger partial charge in [0, 0.05) is 23.8 Å². The molecular weight excluding hydrogens is 172 g/mol. The van der Waals surface area contributed by atoms with Gasteiger partial charge in [-0.1, -0.05) is 11.6 Å². The third kappa shape index (κ3) is 1.49. The van der Waals surface area contributed by atoms with Crippen molar-refractivity contribution in [2.75, 3.05) is 0 Å². The number of aryl methyl sites for hydroxylation is 1. The lowest BCUT2D eigenvalue weighted by molar-refractivity contribution is 0.825. The van der Waals surface area contributed by atoms with Crippen LogP contribution < -0.4 is 5.73 Å². The second-order valence-electron chi connectivity index (χ2n) is 3.74. The Labute approximate surface area is 83.8 Å². The van der Waals surface area contributed by atoms with Gasteiger partial charge in [-0.2, -0.15) is 0 Å². The number of nitrogens with zero attached hydrogens (tertiary/aromatic N) is 1. The number of pyridine rings is 1. The van der Waals surface area contributed by atoms with Gasteiger partial charge >= 0.3 is 0 Å². The molecular formula is C12H14N2. The summed E-state index contributed by atoms with van der Waals surface area (Å²) in [7, 11) is 0. The molecule has 0 spiro atoms. The summed E-state index contributed by atoms with van der Waals surface area (Å²) in [5, 5.41) is 2.38. The van der Waals surface area contributed by atoms with Crippen molar-refractivity contribution in [1.29, 1.82) is 0 Å². The molecule has 14 heavy (non-hydrogen) atoms. The summed E-state index contributed by atoms with van der Waals surface area (Å²) in [5.74, 6) is 0. The maximum absolute atomic E-state index is 5.93. The Morgan fingerprint density at radius 1 is 1.36 bits per heavy atom. The number of hydrogen-bond acceptors (Lipinski definition) is 2. The van der Waals surface area contributed by atoms with Crippen LogP contribution in [0.5, 0.6) is 0 Å². The van der Waals surface area contributed by atoms with Crippen LogP contribution in [0.1, 0.15) is 24.1 Å². The van der Waals surface area contributed by atoms with Crippen LogP contribution in [-0.4, -0.2) is 4.98 Å². The van der Waals surface area contributed by atoms with Crippen LogP contribution in [0.2, 0.25) is 0 Å². The highest BCUT2D eigenvalue weighted by Crippen LogP contribution is 2.23. The molecule has 0 radical (unpaired) electrons. The number of rotatable bonds is 1. The van der Waals surface area contributed by atoms with Crippen LogP contribution in [0, 0.1) is 6.92 Å². The number of aromatic nitrogens is 1. The molecule has 2 aromatic rings. The summed E-state index contributed by atoms with van der Waals surface area (Å²) in [6.45, 7) is 4.09. The Balaban J connectivity index is 2.80. The summed E-state index contributed by atoms with van der Waals surface area (Å²) in [6.07, 6.45) is 3.69. The maximum atomic E-state index is 5.93. The molecule has 1 atom stereocenters. The number of hydrogen-bond donors (Lipinski definition) is 1. The van der Waals surface area contributed by atoms with Gasteiger partial charge in [0.25, 0.3) is 0 Å². The van der Waals surface area contributed by atoms with Crippen LogP contribution >= 0.6 is 0 Å². The lowest BCUT2D eigenvalue weighted by Crippen LogP contribution is -2.05. The molecule has 2 N–H and O–H groups in total. The molecule has 2 heteroatoms. The quantitative estimate of drug-likeness (QED) is 0.743. The molecule has 1 aromatic carbocycles. The second kappa shape index (κ2) is 3.39. The van der Waals surface area contributed by atoms with Gasteiger partial charge in [-0.15, -0.1) is 0 Å². The van der Waals surface area contributed by atoms with E-state index in [4.69, 9.17) is 5.73 Å². The standard InChI is InChI=1S/C12H14N2/c1-8-5-10-7-14-4-3-11(10)12(6-8)9(2)13/h3-7,9H,13H2,1-2H3. The Kier molecular flexibility index (Phi) is 2.22. The van der Waals surface area contributed by atoms with E-state index in [9.17, 15) is 0 Å². The van der Waals surface area contributed by atoms with Crippen LogP contribution in [0.3, 0.4) is 0 Å². The molecule has 0 saturated heterocycles. The van der Waals surface area contributed by atoms with Gasteiger partial charge in [-0.3, -0.25) is 4.98 Å². The molecule has 0 fully saturated rings. The molecule has 1 aromatic heterocycles. The minimum atomic E-state index is 0.0693. The lowest BCUT2D eigenvalue weighted by Gasteiger charge is -2.10. The minimum absolute atomic E-state index is 0.0693. The molecule has 0 aliphatic rings. The van der Waals surface area contributed by atoms with E-state index in [1.807, 2.05) is 25.4 Å². The first-order valence-corrected chi connectivity index (χ1v) is 4.78. The summed E-state index contributed by atoms with van der Waals surface area (Å²) in [4.78, 5) is 4.11. The first-order valence-electron chi connectivity index (χ1n) is 4.78. The van der Waals surface area contributed by atoms with Gasteiger partial charge in [0.2, 0.25) is 0 Å². The van der Waals surface area contributed by atoms with Crippen LogP contribution in [0.15, 0.2) is 30.6 Å². The highest BCUT2D eigenvalue weighted by atomic mass is 14.6. The molecule has 2 rings (SSSR count). The normalized spacial score (nSPS) is 13.1. The molecule has 0 amide bonds. The topological polar surface area (TPSA) is 38.9 Å². The fraction of sp³-hybridized carbons (Fsp3) is 0.250. The SMILES string of the molecule is Cc1cc(C(C)N)c2ccncc2c1. The van der Waals surface area contributed by atoms with E-state index >= 15 is 0 Å². The van der Waals surface area contributed by atoms with Crippen LogP contribution in [0.4, 0.5) is 0 Å². The first-order chi connectivity index (χ1) is 6.68. The summed E-state index contributed by atoms with van der Waals surface area (Å²) in [6, 6.07) is 6.37. The summed E-state index contributed by atoms with van der Waals surface area (Å²) >= 11 is 0. The minimum Gasteiger partial charge on any atom is -0.324 e. The average molecular weight is 186 g/mol. The van der Waals surface area contributed by atoms with Crippen LogP contribution in [0.25, 0.3) is 10.8 Å². The van der Waals surface area contributed by atoms with Crippen molar-refractivity contribution in [3.63, 3.8) is 0 Å². The van der Waals surface area contributed by atoms with Gasteiger partial charge in [0.05, 0.1) is 0 Å². The van der Waals surface area contributed by atoms with E-state index in [-0.39, 0.29) is 6.04 Å². The number of fused-ring (bicyclic) bond motifs is 1. The predicted octanol–water partition coefficient (Wildman–Crippen LogP) is 2.56. The molecule has 2 nitrogen and oxygen atoms in total. The molecule has 0 saturated carbocycles. The van der Waals surface area contributed by atoms with Gasteiger partial charge in [-0.05, 0) is 36.9 Å². The van der Waals surface area contributed by atoms with E-state index < -0.39 is 0 Å². The zero-order valence-electron chi connectivity index (χ0n) is 8.49. The van der Waals surface area contributed by atoms with Crippen molar-refractivity contribution in [3.8, 4) is 0 Å². The highest BCUT2D eigenvalue weighted by Gasteiger charge is 2.05.